The van der Waals surface area contributed by atoms with Crippen LogP contribution in [0.1, 0.15) is 29.7 Å². The zero-order chi connectivity index (χ0) is 19.1. The second-order valence-corrected chi connectivity index (χ2v) is 7.39. The second-order valence-electron chi connectivity index (χ2n) is 7.39. The molecular weight excluding hydrogens is 351 g/mol. The molecule has 5 heteroatoms. The van der Waals surface area contributed by atoms with Crippen LogP contribution in [0.5, 0.6) is 0 Å². The number of halogens is 1. The molecular formula is C23H21FN4. The van der Waals surface area contributed by atoms with Crippen molar-refractivity contribution in [3.05, 3.63) is 71.2 Å². The van der Waals surface area contributed by atoms with Gasteiger partial charge in [0.1, 0.15) is 5.82 Å². The van der Waals surface area contributed by atoms with Crippen molar-refractivity contribution < 1.29 is 4.39 Å². The molecule has 2 aromatic carbocycles. The highest BCUT2D eigenvalue weighted by atomic mass is 19.1. The van der Waals surface area contributed by atoms with Gasteiger partial charge in [0.05, 0.1) is 11.2 Å². The molecule has 4 aromatic rings. The van der Waals surface area contributed by atoms with E-state index in [1.807, 2.05) is 12.1 Å². The maximum Gasteiger partial charge on any atom is 0.160 e. The number of nitrogens with one attached hydrogen (secondary N) is 2. The number of aryl methyl sites for hydroxylation is 2. The molecule has 0 fully saturated rings. The molecule has 0 bridgehead atoms. The van der Waals surface area contributed by atoms with Gasteiger partial charge in [-0.1, -0.05) is 24.3 Å². The predicted octanol–water partition coefficient (Wildman–Crippen LogP) is 5.69. The number of benzene rings is 2. The first-order chi connectivity index (χ1) is 13.7. The Labute approximate surface area is 162 Å². The lowest BCUT2D eigenvalue weighted by molar-refractivity contribution is 0.630. The standard InChI is InChI=1S/C23H21FN4/c1-14-6-2-3-7-16(14)21-13-22(17-8-4-5-9-19(17)25-21)26-23-18-12-15(24)10-11-20(18)27-28-23/h2-3,6-7,10-13H,4-5,8-9H2,1H3,(H2,25,26,27,28). The summed E-state index contributed by atoms with van der Waals surface area (Å²) in [6, 6.07) is 15.1. The number of aromatic amines is 1. The SMILES string of the molecule is Cc1ccccc1-c1cc(Nc2n[nH]c3ccc(F)cc23)c2c(n1)CCCC2. The molecule has 0 amide bonds. The van der Waals surface area contributed by atoms with E-state index in [4.69, 9.17) is 4.98 Å². The molecule has 2 N–H and O–H groups in total. The van der Waals surface area contributed by atoms with Crippen molar-refractivity contribution in [1.29, 1.82) is 0 Å². The minimum absolute atomic E-state index is 0.269. The minimum Gasteiger partial charge on any atom is -0.338 e. The largest absolute Gasteiger partial charge is 0.338 e. The van der Waals surface area contributed by atoms with Crippen LogP contribution in [0.15, 0.2) is 48.5 Å². The van der Waals surface area contributed by atoms with Crippen LogP contribution in [-0.4, -0.2) is 15.2 Å². The van der Waals surface area contributed by atoms with Gasteiger partial charge >= 0.3 is 0 Å². The van der Waals surface area contributed by atoms with Gasteiger partial charge in [-0.25, -0.2) is 4.39 Å². The topological polar surface area (TPSA) is 53.6 Å². The highest BCUT2D eigenvalue weighted by molar-refractivity contribution is 5.92. The predicted molar refractivity (Wildman–Crippen MR) is 110 cm³/mol. The number of H-pyrrole nitrogens is 1. The van der Waals surface area contributed by atoms with Gasteiger partial charge in [-0.3, -0.25) is 10.1 Å². The first-order valence-electron chi connectivity index (χ1n) is 9.68. The molecule has 0 unspecified atom stereocenters. The molecule has 4 nitrogen and oxygen atoms in total. The fourth-order valence-electron chi connectivity index (χ4n) is 4.02. The molecule has 2 aromatic heterocycles. The Hall–Kier alpha value is -3.21. The number of hydrogen-bond donors (Lipinski definition) is 2. The van der Waals surface area contributed by atoms with Gasteiger partial charge in [0.15, 0.2) is 5.82 Å². The minimum atomic E-state index is -0.269. The number of hydrogen-bond acceptors (Lipinski definition) is 3. The highest BCUT2D eigenvalue weighted by Gasteiger charge is 2.19. The highest BCUT2D eigenvalue weighted by Crippen LogP contribution is 2.35. The molecule has 140 valence electrons. The van der Waals surface area contributed by atoms with Crippen molar-refractivity contribution >= 4 is 22.4 Å². The number of fused-ring (bicyclic) bond motifs is 2. The van der Waals surface area contributed by atoms with Crippen LogP contribution in [0.2, 0.25) is 0 Å². The van der Waals surface area contributed by atoms with Crippen molar-refractivity contribution in [3.8, 4) is 11.3 Å². The van der Waals surface area contributed by atoms with Crippen LogP contribution >= 0.6 is 0 Å². The Morgan fingerprint density at radius 2 is 1.89 bits per heavy atom. The third-order valence-corrected chi connectivity index (χ3v) is 5.50. The van der Waals surface area contributed by atoms with Gasteiger partial charge in [0, 0.05) is 22.3 Å². The summed E-state index contributed by atoms with van der Waals surface area (Å²) in [6.07, 6.45) is 4.30. The molecule has 2 heterocycles. The first-order valence-corrected chi connectivity index (χ1v) is 9.68. The Morgan fingerprint density at radius 3 is 2.79 bits per heavy atom. The van der Waals surface area contributed by atoms with Crippen molar-refractivity contribution in [2.45, 2.75) is 32.6 Å². The molecule has 0 atom stereocenters. The lowest BCUT2D eigenvalue weighted by Gasteiger charge is -2.21. The number of pyridine rings is 1. The third-order valence-electron chi connectivity index (χ3n) is 5.50. The normalized spacial score (nSPS) is 13.5. The van der Waals surface area contributed by atoms with Crippen LogP contribution in [0, 0.1) is 12.7 Å². The van der Waals surface area contributed by atoms with E-state index in [9.17, 15) is 4.39 Å². The molecule has 1 aliphatic carbocycles. The fourth-order valence-corrected chi connectivity index (χ4v) is 4.02. The van der Waals surface area contributed by atoms with E-state index < -0.39 is 0 Å². The van der Waals surface area contributed by atoms with Crippen LogP contribution < -0.4 is 5.32 Å². The Bertz CT molecular complexity index is 1180. The lowest BCUT2D eigenvalue weighted by Crippen LogP contribution is -2.10. The average molecular weight is 372 g/mol. The van der Waals surface area contributed by atoms with Gasteiger partial charge in [-0.2, -0.15) is 5.10 Å². The summed E-state index contributed by atoms with van der Waals surface area (Å²) >= 11 is 0. The van der Waals surface area contributed by atoms with Crippen LogP contribution in [0.25, 0.3) is 22.2 Å². The molecule has 1 aliphatic rings. The summed E-state index contributed by atoms with van der Waals surface area (Å²) in [4.78, 5) is 4.98. The molecule has 0 saturated heterocycles. The summed E-state index contributed by atoms with van der Waals surface area (Å²) in [5.74, 6) is 0.374. The van der Waals surface area contributed by atoms with E-state index >= 15 is 0 Å². The third kappa shape index (κ3) is 2.93. The summed E-state index contributed by atoms with van der Waals surface area (Å²) < 4.78 is 13.8. The monoisotopic (exact) mass is 372 g/mol. The number of anilines is 2. The van der Waals surface area contributed by atoms with E-state index in [-0.39, 0.29) is 5.82 Å². The summed E-state index contributed by atoms with van der Waals surface area (Å²) in [5.41, 5.74) is 7.52. The van der Waals surface area contributed by atoms with Crippen LogP contribution in [-0.2, 0) is 12.8 Å². The number of nitrogens with zero attached hydrogens (tertiary/aromatic N) is 2. The maximum atomic E-state index is 13.8. The molecule has 0 radical (unpaired) electrons. The summed E-state index contributed by atoms with van der Waals surface area (Å²) in [7, 11) is 0. The number of rotatable bonds is 3. The van der Waals surface area contributed by atoms with Crippen molar-refractivity contribution in [2.75, 3.05) is 5.32 Å². The van der Waals surface area contributed by atoms with E-state index in [0.717, 1.165) is 59.2 Å². The molecule has 28 heavy (non-hydrogen) atoms. The van der Waals surface area contributed by atoms with Gasteiger partial charge in [-0.15, -0.1) is 0 Å². The smallest absolute Gasteiger partial charge is 0.160 e. The fraction of sp³-hybridized carbons (Fsp3) is 0.217. The quantitative estimate of drug-likeness (QED) is 0.485. The van der Waals surface area contributed by atoms with Crippen molar-refractivity contribution in [3.63, 3.8) is 0 Å². The first kappa shape index (κ1) is 16.9. The Balaban J connectivity index is 1.64. The Morgan fingerprint density at radius 1 is 1.04 bits per heavy atom. The summed E-state index contributed by atoms with van der Waals surface area (Å²) in [5, 5.41) is 11.6. The molecule has 5 rings (SSSR count). The zero-order valence-corrected chi connectivity index (χ0v) is 15.7. The van der Waals surface area contributed by atoms with Gasteiger partial charge in [0.2, 0.25) is 0 Å². The van der Waals surface area contributed by atoms with Crippen LogP contribution in [0.4, 0.5) is 15.9 Å². The molecule has 0 spiro atoms. The zero-order valence-electron chi connectivity index (χ0n) is 15.7. The van der Waals surface area contributed by atoms with E-state index in [2.05, 4.69) is 40.6 Å². The molecule has 0 aliphatic heterocycles. The second kappa shape index (κ2) is 6.75. The van der Waals surface area contributed by atoms with Gasteiger partial charge < -0.3 is 5.32 Å². The van der Waals surface area contributed by atoms with Gasteiger partial charge in [-0.05, 0) is 68.0 Å². The summed E-state index contributed by atoms with van der Waals surface area (Å²) in [6.45, 7) is 2.10. The van der Waals surface area contributed by atoms with Gasteiger partial charge in [0.25, 0.3) is 0 Å². The lowest BCUT2D eigenvalue weighted by atomic mass is 9.93. The maximum absolute atomic E-state index is 13.8. The van der Waals surface area contributed by atoms with E-state index in [0.29, 0.717) is 5.82 Å². The Kier molecular flexibility index (Phi) is 4.08. The van der Waals surface area contributed by atoms with Crippen molar-refractivity contribution in [2.24, 2.45) is 0 Å². The van der Waals surface area contributed by atoms with E-state index in [1.165, 1.54) is 23.3 Å². The van der Waals surface area contributed by atoms with E-state index in [1.54, 1.807) is 6.07 Å². The average Bonchev–Trinajstić information content (AvgIpc) is 3.10. The number of aromatic nitrogens is 3. The van der Waals surface area contributed by atoms with Crippen molar-refractivity contribution in [1.82, 2.24) is 15.2 Å². The van der Waals surface area contributed by atoms with Crippen LogP contribution in [0.3, 0.4) is 0 Å². The molecule has 0 saturated carbocycles.